The van der Waals surface area contributed by atoms with E-state index in [0.29, 0.717) is 17.2 Å². The molecule has 3 rings (SSSR count). The van der Waals surface area contributed by atoms with Gasteiger partial charge in [0.2, 0.25) is 0 Å². The lowest BCUT2D eigenvalue weighted by atomic mass is 9.99. The van der Waals surface area contributed by atoms with Crippen molar-refractivity contribution >= 4 is 17.5 Å². The standard InChI is InChI=1S/C20H23N3O2/c1-14-8-11-23(12-9-14)20(25)18-13-16(7-10-21-18)19(24)22-17-6-4-3-5-15(17)2/h3-7,10,13-14H,8-9,11-12H2,1-2H3,(H,22,24). The highest BCUT2D eigenvalue weighted by Gasteiger charge is 2.23. The third kappa shape index (κ3) is 4.05. The van der Waals surface area contributed by atoms with Crippen LogP contribution in [-0.4, -0.2) is 34.8 Å². The first-order valence-electron chi connectivity index (χ1n) is 8.67. The lowest BCUT2D eigenvalue weighted by Gasteiger charge is -2.30. The molecule has 5 nitrogen and oxygen atoms in total. The maximum absolute atomic E-state index is 12.6. The Labute approximate surface area is 148 Å². The predicted molar refractivity (Wildman–Crippen MR) is 97.7 cm³/mol. The molecule has 0 atom stereocenters. The Bertz CT molecular complexity index is 780. The molecule has 2 aromatic rings. The van der Waals surface area contributed by atoms with Crippen molar-refractivity contribution < 1.29 is 9.59 Å². The van der Waals surface area contributed by atoms with Gasteiger partial charge in [-0.2, -0.15) is 0 Å². The number of nitrogens with one attached hydrogen (secondary N) is 1. The number of para-hydroxylation sites is 1. The Kier molecular flexibility index (Phi) is 5.12. The van der Waals surface area contributed by atoms with Gasteiger partial charge in [-0.15, -0.1) is 0 Å². The van der Waals surface area contributed by atoms with Crippen LogP contribution < -0.4 is 5.32 Å². The number of pyridine rings is 1. The van der Waals surface area contributed by atoms with E-state index in [2.05, 4.69) is 17.2 Å². The molecule has 0 saturated carbocycles. The second-order valence-corrected chi connectivity index (χ2v) is 6.67. The SMILES string of the molecule is Cc1ccccc1NC(=O)c1ccnc(C(=O)N2CCC(C)CC2)c1. The normalized spacial score (nSPS) is 15.0. The Morgan fingerprint density at radius 1 is 1.16 bits per heavy atom. The fourth-order valence-corrected chi connectivity index (χ4v) is 2.97. The zero-order valence-corrected chi connectivity index (χ0v) is 14.7. The second kappa shape index (κ2) is 7.47. The van der Waals surface area contributed by atoms with Gasteiger partial charge in [-0.05, 0) is 49.4 Å². The summed E-state index contributed by atoms with van der Waals surface area (Å²) in [4.78, 5) is 31.1. The van der Waals surface area contributed by atoms with Crippen molar-refractivity contribution in [2.75, 3.05) is 18.4 Å². The van der Waals surface area contributed by atoms with E-state index in [1.807, 2.05) is 36.1 Å². The topological polar surface area (TPSA) is 62.3 Å². The summed E-state index contributed by atoms with van der Waals surface area (Å²) in [7, 11) is 0. The zero-order valence-electron chi connectivity index (χ0n) is 14.7. The molecular formula is C20H23N3O2. The van der Waals surface area contributed by atoms with Crippen LogP contribution in [0.3, 0.4) is 0 Å². The van der Waals surface area contributed by atoms with Gasteiger partial charge in [0.25, 0.3) is 11.8 Å². The van der Waals surface area contributed by atoms with Crippen molar-refractivity contribution in [1.29, 1.82) is 0 Å². The van der Waals surface area contributed by atoms with Gasteiger partial charge in [0, 0.05) is 30.5 Å². The number of aryl methyl sites for hydroxylation is 1. The van der Waals surface area contributed by atoms with Crippen LogP contribution in [0.5, 0.6) is 0 Å². The number of likely N-dealkylation sites (tertiary alicyclic amines) is 1. The van der Waals surface area contributed by atoms with E-state index in [1.165, 1.54) is 6.20 Å². The van der Waals surface area contributed by atoms with E-state index >= 15 is 0 Å². The van der Waals surface area contributed by atoms with Crippen LogP contribution in [0.1, 0.15) is 46.2 Å². The molecule has 1 aromatic carbocycles. The van der Waals surface area contributed by atoms with Gasteiger partial charge in [0.15, 0.2) is 0 Å². The second-order valence-electron chi connectivity index (χ2n) is 6.67. The van der Waals surface area contributed by atoms with Crippen molar-refractivity contribution in [3.05, 3.63) is 59.4 Å². The number of nitrogens with zero attached hydrogens (tertiary/aromatic N) is 2. The molecule has 2 amide bonds. The molecule has 1 aromatic heterocycles. The van der Waals surface area contributed by atoms with Gasteiger partial charge in [0.1, 0.15) is 5.69 Å². The van der Waals surface area contributed by atoms with Crippen molar-refractivity contribution in [3.63, 3.8) is 0 Å². The van der Waals surface area contributed by atoms with E-state index in [1.54, 1.807) is 12.1 Å². The number of carbonyl (C=O) groups is 2. The van der Waals surface area contributed by atoms with E-state index in [-0.39, 0.29) is 11.8 Å². The Hall–Kier alpha value is -2.69. The van der Waals surface area contributed by atoms with Crippen molar-refractivity contribution in [3.8, 4) is 0 Å². The average Bonchev–Trinajstić information content (AvgIpc) is 2.64. The number of amides is 2. The minimum atomic E-state index is -0.238. The number of hydrogen-bond acceptors (Lipinski definition) is 3. The molecule has 0 aliphatic carbocycles. The molecule has 25 heavy (non-hydrogen) atoms. The minimum absolute atomic E-state index is 0.0996. The van der Waals surface area contributed by atoms with Gasteiger partial charge in [-0.25, -0.2) is 0 Å². The quantitative estimate of drug-likeness (QED) is 0.932. The molecule has 1 saturated heterocycles. The maximum atomic E-state index is 12.6. The van der Waals surface area contributed by atoms with Crippen molar-refractivity contribution in [1.82, 2.24) is 9.88 Å². The fourth-order valence-electron chi connectivity index (χ4n) is 2.97. The Morgan fingerprint density at radius 2 is 1.88 bits per heavy atom. The first-order valence-corrected chi connectivity index (χ1v) is 8.67. The highest BCUT2D eigenvalue weighted by Crippen LogP contribution is 2.19. The molecule has 1 aliphatic heterocycles. The summed E-state index contributed by atoms with van der Waals surface area (Å²) in [5.41, 5.74) is 2.52. The summed E-state index contributed by atoms with van der Waals surface area (Å²) < 4.78 is 0. The monoisotopic (exact) mass is 337 g/mol. The number of piperidine rings is 1. The third-order valence-corrected chi connectivity index (χ3v) is 4.71. The molecule has 5 heteroatoms. The van der Waals surface area contributed by atoms with Gasteiger partial charge < -0.3 is 10.2 Å². The van der Waals surface area contributed by atoms with Gasteiger partial charge in [0.05, 0.1) is 0 Å². The molecule has 1 aliphatic rings. The van der Waals surface area contributed by atoms with E-state index in [4.69, 9.17) is 0 Å². The third-order valence-electron chi connectivity index (χ3n) is 4.71. The number of aromatic nitrogens is 1. The first-order chi connectivity index (χ1) is 12.0. The lowest BCUT2D eigenvalue weighted by Crippen LogP contribution is -2.38. The smallest absolute Gasteiger partial charge is 0.272 e. The molecule has 130 valence electrons. The number of benzene rings is 1. The van der Waals surface area contributed by atoms with Crippen LogP contribution in [-0.2, 0) is 0 Å². The van der Waals surface area contributed by atoms with Crippen molar-refractivity contribution in [2.45, 2.75) is 26.7 Å². The number of hydrogen-bond donors (Lipinski definition) is 1. The summed E-state index contributed by atoms with van der Waals surface area (Å²) in [6.45, 7) is 5.65. The van der Waals surface area contributed by atoms with E-state index in [9.17, 15) is 9.59 Å². The largest absolute Gasteiger partial charge is 0.337 e. The highest BCUT2D eigenvalue weighted by atomic mass is 16.2. The lowest BCUT2D eigenvalue weighted by molar-refractivity contribution is 0.0691. The van der Waals surface area contributed by atoms with Gasteiger partial charge in [-0.1, -0.05) is 25.1 Å². The number of carbonyl (C=O) groups excluding carboxylic acids is 2. The zero-order chi connectivity index (χ0) is 17.8. The first kappa shape index (κ1) is 17.1. The van der Waals surface area contributed by atoms with E-state index < -0.39 is 0 Å². The molecule has 2 heterocycles. The average molecular weight is 337 g/mol. The van der Waals surface area contributed by atoms with Crippen LogP contribution in [0.2, 0.25) is 0 Å². The van der Waals surface area contributed by atoms with Gasteiger partial charge >= 0.3 is 0 Å². The number of anilines is 1. The van der Waals surface area contributed by atoms with Crippen LogP contribution in [0.25, 0.3) is 0 Å². The Morgan fingerprint density at radius 3 is 2.60 bits per heavy atom. The van der Waals surface area contributed by atoms with Crippen molar-refractivity contribution in [2.24, 2.45) is 5.92 Å². The Balaban J connectivity index is 1.73. The predicted octanol–water partition coefficient (Wildman–Crippen LogP) is 3.51. The molecule has 0 spiro atoms. The molecular weight excluding hydrogens is 314 g/mol. The summed E-state index contributed by atoms with van der Waals surface area (Å²) in [5, 5.41) is 2.89. The highest BCUT2D eigenvalue weighted by molar-refractivity contribution is 6.06. The molecule has 0 unspecified atom stereocenters. The van der Waals surface area contributed by atoms with Crippen LogP contribution in [0.4, 0.5) is 5.69 Å². The molecule has 1 N–H and O–H groups in total. The van der Waals surface area contributed by atoms with Crippen LogP contribution in [0, 0.1) is 12.8 Å². The number of rotatable bonds is 3. The van der Waals surface area contributed by atoms with Crippen LogP contribution in [0.15, 0.2) is 42.6 Å². The van der Waals surface area contributed by atoms with E-state index in [0.717, 1.165) is 37.2 Å². The molecule has 0 radical (unpaired) electrons. The maximum Gasteiger partial charge on any atom is 0.272 e. The summed E-state index contributed by atoms with van der Waals surface area (Å²) in [6, 6.07) is 10.8. The molecule has 1 fully saturated rings. The summed E-state index contributed by atoms with van der Waals surface area (Å²) in [6.07, 6.45) is 3.55. The fraction of sp³-hybridized carbons (Fsp3) is 0.350. The van der Waals surface area contributed by atoms with Crippen LogP contribution >= 0.6 is 0 Å². The minimum Gasteiger partial charge on any atom is -0.337 e. The summed E-state index contributed by atoms with van der Waals surface area (Å²) >= 11 is 0. The molecule has 0 bridgehead atoms. The van der Waals surface area contributed by atoms with Gasteiger partial charge in [-0.3, -0.25) is 14.6 Å². The summed E-state index contributed by atoms with van der Waals surface area (Å²) in [5.74, 6) is 0.318.